The van der Waals surface area contributed by atoms with E-state index in [0.29, 0.717) is 152 Å². The molecule has 0 aromatic carbocycles. The second-order valence-corrected chi connectivity index (χ2v) is 10.2. The van der Waals surface area contributed by atoms with Crippen LogP contribution in [0.2, 0.25) is 0 Å². The number of ether oxygens (including phenoxy) is 13. The van der Waals surface area contributed by atoms with Gasteiger partial charge >= 0.3 is 11.9 Å². The molecule has 16 heteroatoms. The molecule has 0 aliphatic heterocycles. The summed E-state index contributed by atoms with van der Waals surface area (Å²) in [6.45, 7) is 12.4. The summed E-state index contributed by atoms with van der Waals surface area (Å²) in [5.74, 6) is -1.16. The van der Waals surface area contributed by atoms with Gasteiger partial charge in [-0.15, -0.1) is 0 Å². The largest absolute Gasteiger partial charge is 0.480 e. The van der Waals surface area contributed by atoms with Crippen molar-refractivity contribution in [3.8, 4) is 0 Å². The molecule has 0 saturated carbocycles. The summed E-state index contributed by atoms with van der Waals surface area (Å²) in [4.78, 5) is 21.8. The van der Waals surface area contributed by atoms with Gasteiger partial charge in [-0.05, 0) is 6.42 Å². The molecule has 0 aromatic heterocycles. The van der Waals surface area contributed by atoms with E-state index < -0.39 is 5.97 Å². The topological polar surface area (TPSA) is 174 Å². The fraction of sp³-hybridized carbons (Fsp3) is 0.939. The monoisotopic (exact) mass is 716 g/mol. The molecule has 49 heavy (non-hydrogen) atoms. The van der Waals surface area contributed by atoms with Crippen LogP contribution in [0, 0.1) is 0 Å². The lowest BCUT2D eigenvalue weighted by atomic mass is 10.2. The van der Waals surface area contributed by atoms with Crippen LogP contribution >= 0.6 is 0 Å². The van der Waals surface area contributed by atoms with Gasteiger partial charge in [-0.1, -0.05) is 26.2 Å². The van der Waals surface area contributed by atoms with Gasteiger partial charge in [0.2, 0.25) is 0 Å². The van der Waals surface area contributed by atoms with Crippen molar-refractivity contribution in [2.45, 2.75) is 39.0 Å². The number of esters is 1. The van der Waals surface area contributed by atoms with Crippen LogP contribution in [-0.4, -0.2) is 182 Å². The lowest BCUT2D eigenvalue weighted by Crippen LogP contribution is -2.16. The van der Waals surface area contributed by atoms with Crippen LogP contribution in [0.15, 0.2) is 0 Å². The number of unbranched alkanes of at least 4 members (excludes halogenated alkanes) is 3. The molecule has 0 saturated heterocycles. The van der Waals surface area contributed by atoms with Gasteiger partial charge in [0.25, 0.3) is 0 Å². The van der Waals surface area contributed by atoms with Crippen molar-refractivity contribution in [1.29, 1.82) is 0 Å². The van der Waals surface area contributed by atoms with Crippen molar-refractivity contribution in [2.24, 2.45) is 0 Å². The third kappa shape index (κ3) is 44.4. The predicted octanol–water partition coefficient (Wildman–Crippen LogP) is 1.78. The number of carboxylic acid groups (broad SMARTS) is 1. The zero-order chi connectivity index (χ0) is 35.6. The first-order valence-corrected chi connectivity index (χ1v) is 17.5. The fourth-order valence-electron chi connectivity index (χ4n) is 3.56. The molecule has 292 valence electrons. The van der Waals surface area contributed by atoms with Gasteiger partial charge in [-0.3, -0.25) is 4.79 Å². The van der Waals surface area contributed by atoms with E-state index in [2.05, 4.69) is 6.92 Å². The third-order valence-corrected chi connectivity index (χ3v) is 6.04. The molecule has 0 bridgehead atoms. The third-order valence-electron chi connectivity index (χ3n) is 6.04. The number of carbonyl (C=O) groups is 2. The van der Waals surface area contributed by atoms with Gasteiger partial charge in [0.05, 0.1) is 152 Å². The Balaban J connectivity index is 3.08. The number of rotatable bonds is 43. The van der Waals surface area contributed by atoms with Gasteiger partial charge in [-0.25, -0.2) is 4.79 Å². The summed E-state index contributed by atoms with van der Waals surface area (Å²) >= 11 is 0. The van der Waals surface area contributed by atoms with E-state index in [1.807, 2.05) is 0 Å². The minimum Gasteiger partial charge on any atom is -0.480 e. The van der Waals surface area contributed by atoms with E-state index in [0.717, 1.165) is 25.7 Å². The molecular weight excluding hydrogens is 652 g/mol. The van der Waals surface area contributed by atoms with E-state index >= 15 is 0 Å². The van der Waals surface area contributed by atoms with Crippen molar-refractivity contribution < 1.29 is 76.3 Å². The average Bonchev–Trinajstić information content (AvgIpc) is 3.09. The quantitative estimate of drug-likeness (QED) is 0.0714. The van der Waals surface area contributed by atoms with Gasteiger partial charge in [0.15, 0.2) is 0 Å². The molecule has 1 N–H and O–H groups in total. The summed E-state index contributed by atoms with van der Waals surface area (Å²) in [5.41, 5.74) is 0. The first kappa shape index (κ1) is 47.5. The highest BCUT2D eigenvalue weighted by Gasteiger charge is 2.02. The Morgan fingerprint density at radius 2 is 0.633 bits per heavy atom. The van der Waals surface area contributed by atoms with E-state index in [4.69, 9.17) is 66.7 Å². The normalized spacial score (nSPS) is 11.4. The Hall–Kier alpha value is -1.54. The molecule has 0 fully saturated rings. The second-order valence-electron chi connectivity index (χ2n) is 10.2. The molecule has 0 aliphatic carbocycles. The lowest BCUT2D eigenvalue weighted by molar-refractivity contribution is -0.145. The molecule has 0 atom stereocenters. The average molecular weight is 717 g/mol. The van der Waals surface area contributed by atoms with E-state index in [1.165, 1.54) is 0 Å². The Morgan fingerprint density at radius 3 is 0.898 bits per heavy atom. The van der Waals surface area contributed by atoms with Crippen LogP contribution in [0.3, 0.4) is 0 Å². The van der Waals surface area contributed by atoms with Gasteiger partial charge in [-0.2, -0.15) is 0 Å². The van der Waals surface area contributed by atoms with Crippen LogP contribution in [0.25, 0.3) is 0 Å². The molecule has 0 amide bonds. The van der Waals surface area contributed by atoms with Crippen LogP contribution < -0.4 is 0 Å². The van der Waals surface area contributed by atoms with Gasteiger partial charge in [0, 0.05) is 6.42 Å². The maximum Gasteiger partial charge on any atom is 0.329 e. The van der Waals surface area contributed by atoms with Crippen LogP contribution in [0.4, 0.5) is 0 Å². The molecule has 0 aromatic rings. The zero-order valence-electron chi connectivity index (χ0n) is 29.8. The standard InChI is InChI=1S/C33H64O16/c1-2-3-4-5-6-33(36)49-30-29-47-26-25-45-22-21-43-18-17-41-14-13-39-10-9-37-7-8-38-11-12-40-15-16-42-19-20-44-23-24-46-27-28-48-31-32(34)35/h2-31H2,1H3,(H,34,35). The maximum atomic E-state index is 11.5. The zero-order valence-corrected chi connectivity index (χ0v) is 29.8. The lowest BCUT2D eigenvalue weighted by Gasteiger charge is -2.09. The van der Waals surface area contributed by atoms with Crippen molar-refractivity contribution in [2.75, 3.05) is 165 Å². The molecule has 0 radical (unpaired) electrons. The fourth-order valence-corrected chi connectivity index (χ4v) is 3.56. The van der Waals surface area contributed by atoms with Crippen molar-refractivity contribution in [3.63, 3.8) is 0 Å². The van der Waals surface area contributed by atoms with E-state index in [1.54, 1.807) is 0 Å². The number of hydrogen-bond acceptors (Lipinski definition) is 15. The Labute approximate surface area is 292 Å². The number of aliphatic carboxylic acids is 1. The Kier molecular flexibility index (Phi) is 41.3. The SMILES string of the molecule is CCCCCCC(=O)OCCOCCOCCOCCOCCOCCOCCOCCOCCOCCOCCOCCOCC(=O)O. The molecule has 0 heterocycles. The van der Waals surface area contributed by atoms with Crippen molar-refractivity contribution in [1.82, 2.24) is 0 Å². The van der Waals surface area contributed by atoms with E-state index in [-0.39, 0.29) is 25.8 Å². The van der Waals surface area contributed by atoms with Crippen molar-refractivity contribution >= 4 is 11.9 Å². The number of carboxylic acids is 1. The van der Waals surface area contributed by atoms with Crippen molar-refractivity contribution in [3.05, 3.63) is 0 Å². The number of carbonyl (C=O) groups excluding carboxylic acids is 1. The highest BCUT2D eigenvalue weighted by atomic mass is 16.6. The summed E-state index contributed by atoms with van der Waals surface area (Å²) in [6, 6.07) is 0. The molecule has 0 aliphatic rings. The summed E-state index contributed by atoms with van der Waals surface area (Å²) in [7, 11) is 0. The Morgan fingerprint density at radius 1 is 0.367 bits per heavy atom. The first-order valence-electron chi connectivity index (χ1n) is 17.5. The minimum absolute atomic E-state index is 0.158. The second kappa shape index (κ2) is 42.6. The first-order chi connectivity index (χ1) is 24.2. The van der Waals surface area contributed by atoms with Crippen LogP contribution in [0.5, 0.6) is 0 Å². The molecular formula is C33H64O16. The summed E-state index contributed by atoms with van der Waals surface area (Å²) < 4.78 is 69.6. The van der Waals surface area contributed by atoms with Gasteiger partial charge in [0.1, 0.15) is 13.2 Å². The molecule has 0 spiro atoms. The molecule has 0 rings (SSSR count). The Bertz CT molecular complexity index is 673. The highest BCUT2D eigenvalue weighted by Crippen LogP contribution is 2.03. The predicted molar refractivity (Wildman–Crippen MR) is 177 cm³/mol. The smallest absolute Gasteiger partial charge is 0.329 e. The van der Waals surface area contributed by atoms with E-state index in [9.17, 15) is 9.59 Å². The number of hydrogen-bond donors (Lipinski definition) is 1. The highest BCUT2D eigenvalue weighted by molar-refractivity contribution is 5.69. The molecule has 0 unspecified atom stereocenters. The summed E-state index contributed by atoms with van der Waals surface area (Å²) in [5, 5.41) is 8.43. The maximum absolute atomic E-state index is 11.5. The summed E-state index contributed by atoms with van der Waals surface area (Å²) in [6.07, 6.45) is 4.73. The minimum atomic E-state index is -0.999. The van der Waals surface area contributed by atoms with Crippen LogP contribution in [-0.2, 0) is 71.2 Å². The van der Waals surface area contributed by atoms with Gasteiger partial charge < -0.3 is 66.7 Å². The molecule has 16 nitrogen and oxygen atoms in total. The van der Waals surface area contributed by atoms with Crippen LogP contribution in [0.1, 0.15) is 39.0 Å².